The van der Waals surface area contributed by atoms with Crippen molar-refractivity contribution >= 4 is 5.78 Å². The van der Waals surface area contributed by atoms with E-state index in [1.165, 1.54) is 94.6 Å². The zero-order chi connectivity index (χ0) is 20.2. The second-order valence-electron chi connectivity index (χ2n) is 10.2. The molecule has 0 spiro atoms. The number of fused-ring (bicyclic) bond motifs is 6. The SMILES string of the molecule is CC(=O)c1c2c3c4c5c1CCCc1cc(c(c(c1CCC5)CCC4)CCC3)CCC2. The smallest absolute Gasteiger partial charge is 0.160 e. The van der Waals surface area contributed by atoms with E-state index in [0.29, 0.717) is 5.78 Å². The molecule has 1 heteroatoms. The first-order valence-electron chi connectivity index (χ1n) is 12.6. The number of hydrogen-bond donors (Lipinski definition) is 0. The molecule has 0 radical (unpaired) electrons. The van der Waals surface area contributed by atoms with E-state index < -0.39 is 0 Å². The highest BCUT2D eigenvalue weighted by molar-refractivity contribution is 5.98. The fourth-order valence-corrected chi connectivity index (χ4v) is 7.47. The van der Waals surface area contributed by atoms with Crippen LogP contribution in [0, 0.1) is 0 Å². The molecule has 0 unspecified atom stereocenters. The van der Waals surface area contributed by atoms with Gasteiger partial charge in [-0.25, -0.2) is 0 Å². The van der Waals surface area contributed by atoms with E-state index in [1.54, 1.807) is 44.5 Å². The molecule has 1 nitrogen and oxygen atoms in total. The molecule has 0 heterocycles. The first kappa shape index (κ1) is 18.8. The van der Waals surface area contributed by atoms with Gasteiger partial charge in [0.25, 0.3) is 0 Å². The third-order valence-corrected chi connectivity index (χ3v) is 8.57. The summed E-state index contributed by atoms with van der Waals surface area (Å²) in [6.45, 7) is 1.84. The third-order valence-electron chi connectivity index (χ3n) is 8.57. The minimum Gasteiger partial charge on any atom is -0.294 e. The zero-order valence-electron chi connectivity index (χ0n) is 18.6. The van der Waals surface area contributed by atoms with Crippen LogP contribution in [0.1, 0.15) is 105 Å². The predicted molar refractivity (Wildman–Crippen MR) is 123 cm³/mol. The second kappa shape index (κ2) is 7.36. The van der Waals surface area contributed by atoms with Crippen molar-refractivity contribution in [1.29, 1.82) is 0 Å². The van der Waals surface area contributed by atoms with Gasteiger partial charge in [0.1, 0.15) is 0 Å². The lowest BCUT2D eigenvalue weighted by atomic mass is 9.72. The highest BCUT2D eigenvalue weighted by Crippen LogP contribution is 2.40. The van der Waals surface area contributed by atoms with Gasteiger partial charge in [-0.15, -0.1) is 0 Å². The van der Waals surface area contributed by atoms with E-state index in [-0.39, 0.29) is 0 Å². The summed E-state index contributed by atoms with van der Waals surface area (Å²) in [7, 11) is 0. The van der Waals surface area contributed by atoms with Crippen LogP contribution in [0.25, 0.3) is 0 Å². The summed E-state index contributed by atoms with van der Waals surface area (Å²) in [5, 5.41) is 0. The summed E-state index contributed by atoms with van der Waals surface area (Å²) >= 11 is 0. The van der Waals surface area contributed by atoms with Crippen LogP contribution in [-0.4, -0.2) is 5.78 Å². The van der Waals surface area contributed by atoms with E-state index >= 15 is 0 Å². The molecule has 2 aromatic rings. The molecule has 0 fully saturated rings. The first-order chi connectivity index (χ1) is 14.7. The van der Waals surface area contributed by atoms with Crippen molar-refractivity contribution in [2.75, 3.05) is 0 Å². The Morgan fingerprint density at radius 1 is 0.500 bits per heavy atom. The average Bonchev–Trinajstić information content (AvgIpc) is 2.74. The Bertz CT molecular complexity index is 988. The lowest BCUT2D eigenvalue weighted by Crippen LogP contribution is -2.22. The Hall–Kier alpha value is -1.89. The minimum atomic E-state index is 0.328. The van der Waals surface area contributed by atoms with Crippen LogP contribution in [-0.2, 0) is 64.2 Å². The van der Waals surface area contributed by atoms with Gasteiger partial charge in [-0.05, 0) is 159 Å². The Morgan fingerprint density at radius 2 is 0.833 bits per heavy atom. The van der Waals surface area contributed by atoms with E-state index in [9.17, 15) is 4.79 Å². The van der Waals surface area contributed by atoms with Crippen molar-refractivity contribution in [3.63, 3.8) is 0 Å². The molecular formula is C29H34O. The maximum absolute atomic E-state index is 13.1. The standard InChI is InChI=1S/C29H34O/c1-18(30)29-27-15-2-7-19-17-20-8-3-16-28(29)26-14-5-10-22(20)23-11-6-12-24(26)25(27)13-4-9-21(19)23/h17H,2-16H2,1H3. The molecule has 4 aliphatic rings. The molecule has 6 bridgehead atoms. The molecule has 0 saturated carbocycles. The molecule has 0 aromatic heterocycles. The lowest BCUT2D eigenvalue weighted by molar-refractivity contribution is 0.101. The van der Waals surface area contributed by atoms with E-state index in [1.807, 2.05) is 6.92 Å². The molecule has 156 valence electrons. The van der Waals surface area contributed by atoms with Crippen molar-refractivity contribution in [3.8, 4) is 0 Å². The van der Waals surface area contributed by atoms with Crippen LogP contribution in [0.4, 0.5) is 0 Å². The van der Waals surface area contributed by atoms with E-state index in [4.69, 9.17) is 0 Å². The van der Waals surface area contributed by atoms with Crippen molar-refractivity contribution in [1.82, 2.24) is 0 Å². The maximum Gasteiger partial charge on any atom is 0.160 e. The number of hydrogen-bond acceptors (Lipinski definition) is 1. The molecule has 4 aliphatic carbocycles. The van der Waals surface area contributed by atoms with E-state index in [0.717, 1.165) is 18.4 Å². The summed E-state index contributed by atoms with van der Waals surface area (Å²) in [4.78, 5) is 13.1. The summed E-state index contributed by atoms with van der Waals surface area (Å²) < 4.78 is 0. The van der Waals surface area contributed by atoms with Gasteiger partial charge in [-0.2, -0.15) is 0 Å². The molecule has 2 aromatic carbocycles. The Kier molecular flexibility index (Phi) is 4.62. The number of carbonyl (C=O) groups is 1. The molecule has 30 heavy (non-hydrogen) atoms. The topological polar surface area (TPSA) is 17.1 Å². The Morgan fingerprint density at radius 3 is 1.30 bits per heavy atom. The van der Waals surface area contributed by atoms with Gasteiger partial charge in [0, 0.05) is 5.56 Å². The monoisotopic (exact) mass is 398 g/mol. The number of aryl methyl sites for hydroxylation is 2. The van der Waals surface area contributed by atoms with Gasteiger partial charge in [0.15, 0.2) is 5.78 Å². The van der Waals surface area contributed by atoms with Crippen LogP contribution in [0.15, 0.2) is 6.07 Å². The summed E-state index contributed by atoms with van der Waals surface area (Å²) in [5.41, 5.74) is 17.6. The minimum absolute atomic E-state index is 0.328. The summed E-state index contributed by atoms with van der Waals surface area (Å²) in [6.07, 6.45) is 18.0. The van der Waals surface area contributed by atoms with Crippen molar-refractivity contribution in [3.05, 3.63) is 67.3 Å². The highest BCUT2D eigenvalue weighted by atomic mass is 16.1. The molecule has 0 N–H and O–H groups in total. The second-order valence-corrected chi connectivity index (χ2v) is 10.2. The fourth-order valence-electron chi connectivity index (χ4n) is 7.47. The lowest BCUT2D eigenvalue weighted by Gasteiger charge is -2.32. The number of rotatable bonds is 1. The zero-order valence-corrected chi connectivity index (χ0v) is 18.6. The van der Waals surface area contributed by atoms with Gasteiger partial charge in [-0.1, -0.05) is 6.07 Å². The first-order valence-corrected chi connectivity index (χ1v) is 12.6. The molecular weight excluding hydrogens is 364 g/mol. The maximum atomic E-state index is 13.1. The number of Topliss-reactive ketones (excluding diaryl/α,β-unsaturated/α-hetero) is 1. The summed E-state index contributed by atoms with van der Waals surface area (Å²) in [6, 6.07) is 2.64. The summed E-state index contributed by atoms with van der Waals surface area (Å²) in [5.74, 6) is 0.328. The van der Waals surface area contributed by atoms with Gasteiger partial charge in [0.2, 0.25) is 0 Å². The fraction of sp³-hybridized carbons (Fsp3) is 0.552. The highest BCUT2D eigenvalue weighted by Gasteiger charge is 2.29. The van der Waals surface area contributed by atoms with E-state index in [2.05, 4.69) is 6.07 Å². The van der Waals surface area contributed by atoms with Gasteiger partial charge < -0.3 is 0 Å². The van der Waals surface area contributed by atoms with Crippen molar-refractivity contribution in [2.24, 2.45) is 0 Å². The normalized spacial score (nSPS) is 19.6. The number of ketones is 1. The van der Waals surface area contributed by atoms with Gasteiger partial charge in [-0.3, -0.25) is 4.79 Å². The molecule has 0 amide bonds. The molecule has 0 atom stereocenters. The van der Waals surface area contributed by atoms with Gasteiger partial charge >= 0.3 is 0 Å². The van der Waals surface area contributed by atoms with Crippen LogP contribution in [0.3, 0.4) is 0 Å². The predicted octanol–water partition coefficient (Wildman–Crippen LogP) is 6.02. The van der Waals surface area contributed by atoms with Gasteiger partial charge in [0.05, 0.1) is 0 Å². The quantitative estimate of drug-likeness (QED) is 0.537. The molecule has 6 rings (SSSR count). The number of carbonyl (C=O) groups excluding carboxylic acids is 1. The van der Waals surface area contributed by atoms with Crippen molar-refractivity contribution in [2.45, 2.75) is 103 Å². The van der Waals surface area contributed by atoms with Crippen LogP contribution < -0.4 is 0 Å². The third kappa shape index (κ3) is 2.84. The Labute approximate surface area is 181 Å². The Balaban J connectivity index is 1.75. The average molecular weight is 399 g/mol. The van der Waals surface area contributed by atoms with Crippen LogP contribution in [0.2, 0.25) is 0 Å². The van der Waals surface area contributed by atoms with Crippen LogP contribution >= 0.6 is 0 Å². The van der Waals surface area contributed by atoms with Crippen molar-refractivity contribution < 1.29 is 4.79 Å². The number of benzene rings is 2. The molecule has 0 aliphatic heterocycles. The van der Waals surface area contributed by atoms with Crippen LogP contribution in [0.5, 0.6) is 0 Å². The molecule has 0 saturated heterocycles. The largest absolute Gasteiger partial charge is 0.294 e.